The summed E-state index contributed by atoms with van der Waals surface area (Å²) in [5.74, 6) is 0. The van der Waals surface area contributed by atoms with E-state index < -0.39 is 0 Å². The van der Waals surface area contributed by atoms with E-state index in [0.717, 1.165) is 44.2 Å². The summed E-state index contributed by atoms with van der Waals surface area (Å²) in [5.41, 5.74) is 8.48. The van der Waals surface area contributed by atoms with Crippen LogP contribution in [0.2, 0.25) is 0 Å². The van der Waals surface area contributed by atoms with Gasteiger partial charge in [-0.1, -0.05) is 109 Å². The Morgan fingerprint density at radius 2 is 1.18 bits per heavy atom. The first-order valence-electron chi connectivity index (χ1n) is 13.5. The summed E-state index contributed by atoms with van der Waals surface area (Å²) in [6, 6.07) is 50.6. The van der Waals surface area contributed by atoms with Gasteiger partial charge in [-0.05, 0) is 74.1 Å². The van der Waals surface area contributed by atoms with Crippen molar-refractivity contribution in [2.45, 2.75) is 0 Å². The number of nitrogens with zero attached hydrogens (tertiary/aromatic N) is 2. The van der Waals surface area contributed by atoms with E-state index >= 15 is 0 Å². The van der Waals surface area contributed by atoms with Crippen LogP contribution in [0.4, 0.5) is 0 Å². The maximum atomic E-state index is 5.02. The SMILES string of the molecule is [c]1ccc(-c2ccc(-c3cc4ccccc4c4ccccc34)cc2)cc1-c1ccc2ccc3cccnc3c2n1. The van der Waals surface area contributed by atoms with Crippen molar-refractivity contribution in [2.24, 2.45) is 0 Å². The van der Waals surface area contributed by atoms with Crippen LogP contribution in [0.3, 0.4) is 0 Å². The Kier molecular flexibility index (Phi) is 5.17. The smallest absolute Gasteiger partial charge is 0.0972 e. The normalized spacial score (nSPS) is 11.5. The van der Waals surface area contributed by atoms with Gasteiger partial charge in [0.05, 0.1) is 16.7 Å². The molecular formula is C38H23N2. The predicted molar refractivity (Wildman–Crippen MR) is 167 cm³/mol. The highest BCUT2D eigenvalue weighted by Crippen LogP contribution is 2.36. The molecule has 0 saturated carbocycles. The van der Waals surface area contributed by atoms with E-state index in [1.54, 1.807) is 0 Å². The molecule has 0 aliphatic heterocycles. The van der Waals surface area contributed by atoms with Gasteiger partial charge in [-0.3, -0.25) is 4.98 Å². The quantitative estimate of drug-likeness (QED) is 0.222. The highest BCUT2D eigenvalue weighted by molar-refractivity contribution is 6.13. The molecule has 1 radical (unpaired) electrons. The van der Waals surface area contributed by atoms with Gasteiger partial charge in [0.15, 0.2) is 0 Å². The predicted octanol–water partition coefficient (Wildman–Crippen LogP) is 9.89. The first kappa shape index (κ1) is 22.6. The molecule has 0 amide bonds. The maximum Gasteiger partial charge on any atom is 0.0972 e. The van der Waals surface area contributed by atoms with Gasteiger partial charge >= 0.3 is 0 Å². The zero-order chi connectivity index (χ0) is 26.5. The largest absolute Gasteiger partial charge is 0.254 e. The van der Waals surface area contributed by atoms with E-state index in [2.05, 4.69) is 132 Å². The lowest BCUT2D eigenvalue weighted by Crippen LogP contribution is -1.89. The molecule has 8 rings (SSSR count). The van der Waals surface area contributed by atoms with Crippen molar-refractivity contribution >= 4 is 43.4 Å². The Labute approximate surface area is 232 Å². The van der Waals surface area contributed by atoms with E-state index in [1.807, 2.05) is 18.3 Å². The average molecular weight is 508 g/mol. The van der Waals surface area contributed by atoms with E-state index in [4.69, 9.17) is 4.98 Å². The second-order valence-corrected chi connectivity index (χ2v) is 10.2. The Hall–Kier alpha value is -5.34. The fourth-order valence-corrected chi connectivity index (χ4v) is 5.80. The lowest BCUT2D eigenvalue weighted by atomic mass is 9.92. The first-order chi connectivity index (χ1) is 19.8. The third-order valence-electron chi connectivity index (χ3n) is 7.81. The monoisotopic (exact) mass is 507 g/mol. The summed E-state index contributed by atoms with van der Waals surface area (Å²) >= 11 is 0. The third-order valence-corrected chi connectivity index (χ3v) is 7.81. The Bertz CT molecular complexity index is 2210. The van der Waals surface area contributed by atoms with Gasteiger partial charge in [0.25, 0.3) is 0 Å². The molecule has 0 bridgehead atoms. The van der Waals surface area contributed by atoms with Crippen LogP contribution in [0, 0.1) is 6.07 Å². The van der Waals surface area contributed by atoms with Crippen molar-refractivity contribution in [1.29, 1.82) is 0 Å². The van der Waals surface area contributed by atoms with Crippen molar-refractivity contribution in [3.8, 4) is 33.5 Å². The lowest BCUT2D eigenvalue weighted by molar-refractivity contribution is 1.37. The maximum absolute atomic E-state index is 5.02. The molecule has 0 aliphatic rings. The third kappa shape index (κ3) is 3.73. The Balaban J connectivity index is 1.19. The molecule has 0 fully saturated rings. The van der Waals surface area contributed by atoms with E-state index in [1.165, 1.54) is 32.7 Å². The second-order valence-electron chi connectivity index (χ2n) is 10.2. The van der Waals surface area contributed by atoms with Crippen LogP contribution in [0.25, 0.3) is 76.9 Å². The molecule has 185 valence electrons. The molecule has 2 nitrogen and oxygen atoms in total. The fourth-order valence-electron chi connectivity index (χ4n) is 5.80. The van der Waals surface area contributed by atoms with Crippen LogP contribution >= 0.6 is 0 Å². The van der Waals surface area contributed by atoms with Crippen LogP contribution in [-0.2, 0) is 0 Å². The molecule has 0 saturated heterocycles. The number of rotatable bonds is 3. The minimum absolute atomic E-state index is 0.895. The van der Waals surface area contributed by atoms with Gasteiger partial charge in [-0.15, -0.1) is 0 Å². The molecular weight excluding hydrogens is 484 g/mol. The number of hydrogen-bond donors (Lipinski definition) is 0. The van der Waals surface area contributed by atoms with E-state index in [-0.39, 0.29) is 0 Å². The van der Waals surface area contributed by atoms with Crippen LogP contribution in [0.5, 0.6) is 0 Å². The average Bonchev–Trinajstić information content (AvgIpc) is 3.04. The molecule has 0 atom stereocenters. The van der Waals surface area contributed by atoms with Gasteiger partial charge in [-0.2, -0.15) is 0 Å². The number of aromatic nitrogens is 2. The minimum atomic E-state index is 0.895. The minimum Gasteiger partial charge on any atom is -0.254 e. The van der Waals surface area contributed by atoms with Gasteiger partial charge in [-0.25, -0.2) is 4.98 Å². The zero-order valence-electron chi connectivity index (χ0n) is 21.7. The summed E-state index contributed by atoms with van der Waals surface area (Å²) in [5, 5.41) is 7.29. The van der Waals surface area contributed by atoms with Crippen molar-refractivity contribution in [2.75, 3.05) is 0 Å². The van der Waals surface area contributed by atoms with Crippen LogP contribution in [0.1, 0.15) is 0 Å². The van der Waals surface area contributed by atoms with Crippen molar-refractivity contribution < 1.29 is 0 Å². The number of pyridine rings is 2. The zero-order valence-corrected chi connectivity index (χ0v) is 21.7. The number of fused-ring (bicyclic) bond motifs is 6. The number of hydrogen-bond acceptors (Lipinski definition) is 2. The summed E-state index contributed by atoms with van der Waals surface area (Å²) in [4.78, 5) is 9.63. The summed E-state index contributed by atoms with van der Waals surface area (Å²) in [6.07, 6.45) is 1.83. The van der Waals surface area contributed by atoms with Gasteiger partial charge in [0.1, 0.15) is 0 Å². The molecule has 6 aromatic carbocycles. The summed E-state index contributed by atoms with van der Waals surface area (Å²) in [6.45, 7) is 0. The van der Waals surface area contributed by atoms with Crippen molar-refractivity contribution in [3.05, 3.63) is 146 Å². The van der Waals surface area contributed by atoms with E-state index in [9.17, 15) is 0 Å². The lowest BCUT2D eigenvalue weighted by Gasteiger charge is -2.12. The number of benzene rings is 6. The first-order valence-corrected chi connectivity index (χ1v) is 13.5. The van der Waals surface area contributed by atoms with Crippen LogP contribution < -0.4 is 0 Å². The summed E-state index contributed by atoms with van der Waals surface area (Å²) in [7, 11) is 0. The molecule has 2 aromatic heterocycles. The molecule has 40 heavy (non-hydrogen) atoms. The molecule has 0 aliphatic carbocycles. The fraction of sp³-hybridized carbons (Fsp3) is 0. The molecule has 8 aromatic rings. The van der Waals surface area contributed by atoms with Gasteiger partial charge in [0.2, 0.25) is 0 Å². The van der Waals surface area contributed by atoms with Crippen LogP contribution in [-0.4, -0.2) is 9.97 Å². The van der Waals surface area contributed by atoms with Crippen molar-refractivity contribution in [3.63, 3.8) is 0 Å². The Morgan fingerprint density at radius 3 is 2.05 bits per heavy atom. The topological polar surface area (TPSA) is 25.8 Å². The standard InChI is InChI=1S/C38H23N2/c1-2-11-32-30(7-1)24-35(34-13-4-3-12-33(32)34)26-16-14-25(15-17-26)29-8-5-9-31(23-29)36-21-20-28-19-18-27-10-6-22-39-37(27)38(28)40-36/h1-8,10-24H. The van der Waals surface area contributed by atoms with Gasteiger partial charge < -0.3 is 0 Å². The van der Waals surface area contributed by atoms with Crippen molar-refractivity contribution in [1.82, 2.24) is 9.97 Å². The summed E-state index contributed by atoms with van der Waals surface area (Å²) < 4.78 is 0. The molecule has 0 N–H and O–H groups in total. The highest BCUT2D eigenvalue weighted by Gasteiger charge is 2.10. The van der Waals surface area contributed by atoms with E-state index in [0.29, 0.717) is 0 Å². The van der Waals surface area contributed by atoms with Crippen LogP contribution in [0.15, 0.2) is 140 Å². The highest BCUT2D eigenvalue weighted by atomic mass is 14.7. The molecule has 2 heteroatoms. The molecule has 0 unspecified atom stereocenters. The van der Waals surface area contributed by atoms with Gasteiger partial charge in [0, 0.05) is 22.5 Å². The second kappa shape index (κ2) is 9.14. The molecule has 0 spiro atoms. The Morgan fingerprint density at radius 1 is 0.475 bits per heavy atom. The molecule has 2 heterocycles.